The molecule has 0 bridgehead atoms. The van der Waals surface area contributed by atoms with Crippen LogP contribution in [0, 0.1) is 5.82 Å². The summed E-state index contributed by atoms with van der Waals surface area (Å²) >= 11 is 3.06. The van der Waals surface area contributed by atoms with E-state index in [2.05, 4.69) is 21.2 Å². The van der Waals surface area contributed by atoms with Crippen molar-refractivity contribution < 1.29 is 14.0 Å². The van der Waals surface area contributed by atoms with Crippen LogP contribution in [0.2, 0.25) is 0 Å². The van der Waals surface area contributed by atoms with Crippen molar-refractivity contribution in [3.05, 3.63) is 34.1 Å². The van der Waals surface area contributed by atoms with E-state index in [9.17, 15) is 14.0 Å². The predicted molar refractivity (Wildman–Crippen MR) is 76.8 cm³/mol. The van der Waals surface area contributed by atoms with Gasteiger partial charge in [0.05, 0.1) is 4.47 Å². The number of rotatable bonds is 2. The van der Waals surface area contributed by atoms with E-state index in [0.717, 1.165) is 12.8 Å². The Morgan fingerprint density at radius 1 is 1.45 bits per heavy atom. The Hall–Kier alpha value is -1.43. The summed E-state index contributed by atoms with van der Waals surface area (Å²) in [6.45, 7) is 2.56. The molecule has 1 heterocycles. The molecule has 2 amide bonds. The summed E-state index contributed by atoms with van der Waals surface area (Å²) < 4.78 is 13.8. The van der Waals surface area contributed by atoms with E-state index in [0.29, 0.717) is 23.1 Å². The molecule has 1 aromatic rings. The lowest BCUT2D eigenvalue weighted by molar-refractivity contribution is -0.120. The highest BCUT2D eigenvalue weighted by molar-refractivity contribution is 9.10. The van der Waals surface area contributed by atoms with Crippen LogP contribution >= 0.6 is 15.9 Å². The van der Waals surface area contributed by atoms with E-state index in [4.69, 9.17) is 0 Å². The summed E-state index contributed by atoms with van der Waals surface area (Å²) in [6.07, 6.45) is 1.69. The zero-order chi connectivity index (χ0) is 14.7. The Morgan fingerprint density at radius 2 is 2.20 bits per heavy atom. The van der Waals surface area contributed by atoms with Gasteiger partial charge in [-0.15, -0.1) is 0 Å². The zero-order valence-corrected chi connectivity index (χ0v) is 12.7. The van der Waals surface area contributed by atoms with Gasteiger partial charge in [-0.05, 0) is 47.0 Å². The molecular weight excluding hydrogens is 327 g/mol. The fraction of sp³-hybridized carbons (Fsp3) is 0.429. The Bertz CT molecular complexity index is 536. The number of amides is 2. The summed E-state index contributed by atoms with van der Waals surface area (Å²) in [7, 11) is 0. The maximum atomic E-state index is 13.5. The van der Waals surface area contributed by atoms with Gasteiger partial charge >= 0.3 is 0 Å². The molecule has 2 rings (SSSR count). The smallest absolute Gasteiger partial charge is 0.254 e. The molecule has 1 atom stereocenters. The van der Waals surface area contributed by atoms with Crippen LogP contribution in [0.3, 0.4) is 0 Å². The molecule has 1 saturated heterocycles. The fourth-order valence-corrected chi connectivity index (χ4v) is 2.63. The largest absolute Gasteiger partial charge is 0.352 e. The number of hydrogen-bond acceptors (Lipinski definition) is 2. The molecule has 1 N–H and O–H groups in total. The van der Waals surface area contributed by atoms with Crippen molar-refractivity contribution in [2.24, 2.45) is 0 Å². The van der Waals surface area contributed by atoms with Gasteiger partial charge < -0.3 is 10.2 Å². The van der Waals surface area contributed by atoms with Crippen molar-refractivity contribution in [1.29, 1.82) is 0 Å². The highest BCUT2D eigenvalue weighted by atomic mass is 79.9. The Kier molecular flexibility index (Phi) is 4.75. The average molecular weight is 343 g/mol. The van der Waals surface area contributed by atoms with Crippen LogP contribution in [0.1, 0.15) is 30.1 Å². The number of likely N-dealkylation sites (tertiary alicyclic amines) is 1. The van der Waals surface area contributed by atoms with Crippen LogP contribution in [0.25, 0.3) is 0 Å². The normalized spacial score (nSPS) is 18.8. The van der Waals surface area contributed by atoms with E-state index >= 15 is 0 Å². The predicted octanol–water partition coefficient (Wildman–Crippen LogP) is 2.33. The average Bonchev–Trinajstić information content (AvgIpc) is 2.40. The summed E-state index contributed by atoms with van der Waals surface area (Å²) in [5.41, 5.74) is 0.328. The number of carbonyl (C=O) groups excluding carboxylic acids is 2. The molecule has 20 heavy (non-hydrogen) atoms. The Labute approximate surface area is 125 Å². The molecule has 1 unspecified atom stereocenters. The fourth-order valence-electron chi connectivity index (χ4n) is 2.38. The van der Waals surface area contributed by atoms with Crippen molar-refractivity contribution >= 4 is 27.7 Å². The van der Waals surface area contributed by atoms with Gasteiger partial charge in [-0.3, -0.25) is 9.59 Å². The van der Waals surface area contributed by atoms with Crippen LogP contribution in [0.5, 0.6) is 0 Å². The third-order valence-corrected chi connectivity index (χ3v) is 3.93. The third-order valence-electron chi connectivity index (χ3n) is 3.28. The molecule has 1 aromatic carbocycles. The van der Waals surface area contributed by atoms with E-state index in [1.807, 2.05) is 0 Å². The number of halogens is 2. The topological polar surface area (TPSA) is 49.4 Å². The van der Waals surface area contributed by atoms with Gasteiger partial charge in [-0.2, -0.15) is 0 Å². The minimum absolute atomic E-state index is 0.0227. The molecule has 0 aromatic heterocycles. The number of nitrogens with zero attached hydrogens (tertiary/aromatic N) is 1. The minimum atomic E-state index is -0.453. The van der Waals surface area contributed by atoms with Crippen LogP contribution in [-0.2, 0) is 4.79 Å². The number of nitrogens with one attached hydrogen (secondary N) is 1. The Balaban J connectivity index is 2.08. The van der Waals surface area contributed by atoms with Crippen molar-refractivity contribution in [2.75, 3.05) is 13.1 Å². The summed E-state index contributed by atoms with van der Waals surface area (Å²) in [4.78, 5) is 25.1. The second kappa shape index (κ2) is 6.35. The van der Waals surface area contributed by atoms with Crippen molar-refractivity contribution in [1.82, 2.24) is 10.2 Å². The van der Waals surface area contributed by atoms with Gasteiger partial charge in [0.25, 0.3) is 5.91 Å². The van der Waals surface area contributed by atoms with Gasteiger partial charge in [0.1, 0.15) is 5.82 Å². The third kappa shape index (κ3) is 3.56. The molecular formula is C14H16BrFN2O2. The van der Waals surface area contributed by atoms with E-state index in [1.54, 1.807) is 11.0 Å². The lowest BCUT2D eigenvalue weighted by atomic mass is 10.0. The Morgan fingerprint density at radius 3 is 2.85 bits per heavy atom. The first kappa shape index (κ1) is 15.0. The summed E-state index contributed by atoms with van der Waals surface area (Å²) in [5.74, 6) is -0.753. The van der Waals surface area contributed by atoms with E-state index in [1.165, 1.54) is 19.1 Å². The minimum Gasteiger partial charge on any atom is -0.352 e. The maximum Gasteiger partial charge on any atom is 0.254 e. The molecule has 4 nitrogen and oxygen atoms in total. The zero-order valence-electron chi connectivity index (χ0n) is 11.2. The van der Waals surface area contributed by atoms with Crippen LogP contribution in [-0.4, -0.2) is 35.8 Å². The van der Waals surface area contributed by atoms with Crippen molar-refractivity contribution in [3.63, 3.8) is 0 Å². The first-order chi connectivity index (χ1) is 9.47. The molecule has 0 spiro atoms. The van der Waals surface area contributed by atoms with E-state index < -0.39 is 5.82 Å². The summed E-state index contributed by atoms with van der Waals surface area (Å²) in [5, 5.41) is 2.82. The van der Waals surface area contributed by atoms with Crippen LogP contribution < -0.4 is 5.32 Å². The standard InChI is InChI=1S/C14H16BrFN2O2/c1-9(19)17-11-3-2-6-18(8-11)14(20)10-4-5-12(15)13(16)7-10/h4-5,7,11H,2-3,6,8H2,1H3,(H,17,19). The maximum absolute atomic E-state index is 13.5. The van der Waals surface area contributed by atoms with Crippen LogP contribution in [0.4, 0.5) is 4.39 Å². The molecule has 0 radical (unpaired) electrons. The molecule has 1 aliphatic heterocycles. The first-order valence-electron chi connectivity index (χ1n) is 6.49. The lowest BCUT2D eigenvalue weighted by Gasteiger charge is -2.33. The number of piperidine rings is 1. The highest BCUT2D eigenvalue weighted by Crippen LogP contribution is 2.19. The van der Waals surface area contributed by atoms with Gasteiger partial charge in [0.2, 0.25) is 5.91 Å². The molecule has 0 saturated carbocycles. The number of hydrogen-bond donors (Lipinski definition) is 1. The van der Waals surface area contributed by atoms with E-state index in [-0.39, 0.29) is 17.9 Å². The quantitative estimate of drug-likeness (QED) is 0.896. The number of benzene rings is 1. The van der Waals surface area contributed by atoms with Crippen molar-refractivity contribution in [3.8, 4) is 0 Å². The number of carbonyl (C=O) groups is 2. The highest BCUT2D eigenvalue weighted by Gasteiger charge is 2.25. The second-order valence-electron chi connectivity index (χ2n) is 4.92. The molecule has 6 heteroatoms. The van der Waals surface area contributed by atoms with Gasteiger partial charge in [-0.1, -0.05) is 0 Å². The SMILES string of the molecule is CC(=O)NC1CCCN(C(=O)c2ccc(Br)c(F)c2)C1. The molecule has 1 fully saturated rings. The van der Waals surface area contributed by atoms with Gasteiger partial charge in [-0.25, -0.2) is 4.39 Å². The molecule has 0 aliphatic carbocycles. The van der Waals surface area contributed by atoms with Crippen molar-refractivity contribution in [2.45, 2.75) is 25.8 Å². The first-order valence-corrected chi connectivity index (χ1v) is 7.28. The monoisotopic (exact) mass is 342 g/mol. The van der Waals surface area contributed by atoms with Crippen LogP contribution in [0.15, 0.2) is 22.7 Å². The molecule has 1 aliphatic rings. The van der Waals surface area contributed by atoms with Gasteiger partial charge in [0.15, 0.2) is 0 Å². The summed E-state index contributed by atoms with van der Waals surface area (Å²) in [6, 6.07) is 4.33. The van der Waals surface area contributed by atoms with Gasteiger partial charge in [0, 0.05) is 31.6 Å². The second-order valence-corrected chi connectivity index (χ2v) is 5.77. The lowest BCUT2D eigenvalue weighted by Crippen LogP contribution is -2.49. The molecule has 108 valence electrons.